The molecule has 0 saturated carbocycles. The SMILES string of the molecule is CC(C)(N)CN1CNc2cc(CO)ccc21. The van der Waals surface area contributed by atoms with Gasteiger partial charge in [0.25, 0.3) is 0 Å². The van der Waals surface area contributed by atoms with Crippen molar-refractivity contribution in [2.75, 3.05) is 23.4 Å². The molecule has 88 valence electrons. The van der Waals surface area contributed by atoms with E-state index in [9.17, 15) is 0 Å². The minimum atomic E-state index is -0.209. The van der Waals surface area contributed by atoms with Crippen LogP contribution in [-0.2, 0) is 6.61 Å². The van der Waals surface area contributed by atoms with E-state index in [0.29, 0.717) is 0 Å². The molecule has 0 atom stereocenters. The topological polar surface area (TPSA) is 61.5 Å². The van der Waals surface area contributed by atoms with E-state index in [2.05, 4.69) is 10.2 Å². The Bertz CT molecular complexity index is 384. The molecule has 4 heteroatoms. The van der Waals surface area contributed by atoms with Crippen LogP contribution in [0.25, 0.3) is 0 Å². The van der Waals surface area contributed by atoms with Crippen LogP contribution >= 0.6 is 0 Å². The largest absolute Gasteiger partial charge is 0.392 e. The van der Waals surface area contributed by atoms with Gasteiger partial charge in [0, 0.05) is 12.1 Å². The fraction of sp³-hybridized carbons (Fsp3) is 0.500. The number of nitrogens with two attached hydrogens (primary N) is 1. The molecule has 1 aliphatic heterocycles. The Morgan fingerprint density at radius 3 is 2.88 bits per heavy atom. The molecule has 0 bridgehead atoms. The third-order valence-electron chi connectivity index (χ3n) is 2.64. The number of benzene rings is 1. The van der Waals surface area contributed by atoms with Crippen molar-refractivity contribution in [2.45, 2.75) is 26.0 Å². The molecule has 0 aliphatic carbocycles. The van der Waals surface area contributed by atoms with Gasteiger partial charge in [-0.05, 0) is 31.5 Å². The van der Waals surface area contributed by atoms with Crippen LogP contribution in [0.15, 0.2) is 18.2 Å². The molecule has 0 saturated heterocycles. The Morgan fingerprint density at radius 1 is 1.50 bits per heavy atom. The zero-order chi connectivity index (χ0) is 11.8. The molecule has 0 fully saturated rings. The Hall–Kier alpha value is -1.26. The first-order valence-electron chi connectivity index (χ1n) is 5.51. The highest BCUT2D eigenvalue weighted by atomic mass is 16.3. The molecule has 0 amide bonds. The third-order valence-corrected chi connectivity index (χ3v) is 2.64. The number of fused-ring (bicyclic) bond motifs is 1. The monoisotopic (exact) mass is 221 g/mol. The fourth-order valence-corrected chi connectivity index (χ4v) is 2.00. The van der Waals surface area contributed by atoms with Gasteiger partial charge in [-0.2, -0.15) is 0 Å². The van der Waals surface area contributed by atoms with Gasteiger partial charge in [-0.25, -0.2) is 0 Å². The van der Waals surface area contributed by atoms with Gasteiger partial charge < -0.3 is 21.1 Å². The van der Waals surface area contributed by atoms with E-state index in [-0.39, 0.29) is 12.1 Å². The number of hydrogen-bond acceptors (Lipinski definition) is 4. The lowest BCUT2D eigenvalue weighted by molar-refractivity contribution is 0.282. The molecule has 1 aromatic carbocycles. The van der Waals surface area contributed by atoms with Crippen LogP contribution in [0.1, 0.15) is 19.4 Å². The number of aliphatic hydroxyl groups excluding tert-OH is 1. The van der Waals surface area contributed by atoms with Crippen molar-refractivity contribution >= 4 is 11.4 Å². The molecule has 0 radical (unpaired) electrons. The highest BCUT2D eigenvalue weighted by Gasteiger charge is 2.23. The smallest absolute Gasteiger partial charge is 0.0878 e. The van der Waals surface area contributed by atoms with Gasteiger partial charge in [0.05, 0.1) is 24.7 Å². The summed E-state index contributed by atoms with van der Waals surface area (Å²) in [5.41, 5.74) is 8.98. The van der Waals surface area contributed by atoms with Crippen molar-refractivity contribution in [2.24, 2.45) is 5.73 Å². The summed E-state index contributed by atoms with van der Waals surface area (Å²) < 4.78 is 0. The number of hydrogen-bond donors (Lipinski definition) is 3. The van der Waals surface area contributed by atoms with E-state index in [1.165, 1.54) is 0 Å². The van der Waals surface area contributed by atoms with Crippen molar-refractivity contribution in [3.05, 3.63) is 23.8 Å². The molecule has 1 heterocycles. The van der Waals surface area contributed by atoms with Crippen LogP contribution in [0.4, 0.5) is 11.4 Å². The highest BCUT2D eigenvalue weighted by molar-refractivity contribution is 5.75. The molecule has 2 rings (SSSR count). The van der Waals surface area contributed by atoms with Crippen molar-refractivity contribution in [3.8, 4) is 0 Å². The minimum Gasteiger partial charge on any atom is -0.392 e. The third kappa shape index (κ3) is 2.28. The molecule has 0 spiro atoms. The lowest BCUT2D eigenvalue weighted by atomic mass is 10.1. The minimum absolute atomic E-state index is 0.0807. The average Bonchev–Trinajstić information content (AvgIpc) is 2.58. The number of aliphatic hydroxyl groups is 1. The van der Waals surface area contributed by atoms with E-state index in [1.54, 1.807) is 0 Å². The van der Waals surface area contributed by atoms with Crippen LogP contribution in [0.5, 0.6) is 0 Å². The summed E-state index contributed by atoms with van der Waals surface area (Å²) in [6.07, 6.45) is 0. The zero-order valence-electron chi connectivity index (χ0n) is 9.83. The lowest BCUT2D eigenvalue weighted by Crippen LogP contribution is -2.45. The maximum Gasteiger partial charge on any atom is 0.0878 e. The summed E-state index contributed by atoms with van der Waals surface area (Å²) in [4.78, 5) is 2.22. The van der Waals surface area contributed by atoms with Gasteiger partial charge in [0.2, 0.25) is 0 Å². The van der Waals surface area contributed by atoms with Crippen molar-refractivity contribution < 1.29 is 5.11 Å². The molecule has 4 nitrogen and oxygen atoms in total. The Balaban J connectivity index is 2.20. The molecule has 1 aromatic rings. The zero-order valence-corrected chi connectivity index (χ0v) is 9.83. The molecular weight excluding hydrogens is 202 g/mol. The first-order valence-corrected chi connectivity index (χ1v) is 5.51. The average molecular weight is 221 g/mol. The Labute approximate surface area is 96.1 Å². The second-order valence-electron chi connectivity index (χ2n) is 5.03. The maximum atomic E-state index is 9.06. The van der Waals surface area contributed by atoms with Gasteiger partial charge in [-0.3, -0.25) is 0 Å². The van der Waals surface area contributed by atoms with Crippen molar-refractivity contribution in [3.63, 3.8) is 0 Å². The van der Waals surface area contributed by atoms with Gasteiger partial charge in [-0.15, -0.1) is 0 Å². The predicted octanol–water partition coefficient (Wildman–Crippen LogP) is 1.11. The Morgan fingerprint density at radius 2 is 2.25 bits per heavy atom. The van der Waals surface area contributed by atoms with Gasteiger partial charge in [0.1, 0.15) is 0 Å². The van der Waals surface area contributed by atoms with Crippen LogP contribution in [0.2, 0.25) is 0 Å². The number of nitrogens with zero attached hydrogens (tertiary/aromatic N) is 1. The normalized spacial score (nSPS) is 14.9. The second-order valence-corrected chi connectivity index (χ2v) is 5.03. The standard InChI is InChI=1S/C12H19N3O/c1-12(2,13)7-15-8-14-10-5-9(6-16)3-4-11(10)15/h3-5,14,16H,6-8,13H2,1-2H3. The van der Waals surface area contributed by atoms with Gasteiger partial charge in [0.15, 0.2) is 0 Å². The van der Waals surface area contributed by atoms with E-state index in [0.717, 1.165) is 30.2 Å². The van der Waals surface area contributed by atoms with Crippen molar-refractivity contribution in [1.29, 1.82) is 0 Å². The molecule has 0 unspecified atom stereocenters. The van der Waals surface area contributed by atoms with E-state index >= 15 is 0 Å². The van der Waals surface area contributed by atoms with Crippen LogP contribution in [0.3, 0.4) is 0 Å². The van der Waals surface area contributed by atoms with E-state index in [1.807, 2.05) is 32.0 Å². The summed E-state index contributed by atoms with van der Waals surface area (Å²) in [7, 11) is 0. The number of rotatable bonds is 3. The fourth-order valence-electron chi connectivity index (χ4n) is 2.00. The van der Waals surface area contributed by atoms with Crippen LogP contribution < -0.4 is 16.0 Å². The van der Waals surface area contributed by atoms with Crippen LogP contribution in [0, 0.1) is 0 Å². The number of nitrogens with one attached hydrogen (secondary N) is 1. The van der Waals surface area contributed by atoms with E-state index < -0.39 is 0 Å². The van der Waals surface area contributed by atoms with Crippen LogP contribution in [-0.4, -0.2) is 23.9 Å². The molecule has 16 heavy (non-hydrogen) atoms. The number of anilines is 2. The van der Waals surface area contributed by atoms with Crippen molar-refractivity contribution in [1.82, 2.24) is 0 Å². The molecule has 1 aliphatic rings. The summed E-state index contributed by atoms with van der Waals surface area (Å²) in [5.74, 6) is 0. The summed E-state index contributed by atoms with van der Waals surface area (Å²) in [6.45, 7) is 5.72. The molecule has 0 aromatic heterocycles. The summed E-state index contributed by atoms with van der Waals surface area (Å²) >= 11 is 0. The lowest BCUT2D eigenvalue weighted by Gasteiger charge is -2.27. The Kier molecular flexibility index (Phi) is 2.78. The maximum absolute atomic E-state index is 9.06. The molecular formula is C12H19N3O. The van der Waals surface area contributed by atoms with Gasteiger partial charge in [-0.1, -0.05) is 6.07 Å². The summed E-state index contributed by atoms with van der Waals surface area (Å²) in [6, 6.07) is 5.97. The predicted molar refractivity (Wildman–Crippen MR) is 66.5 cm³/mol. The highest BCUT2D eigenvalue weighted by Crippen LogP contribution is 2.32. The van der Waals surface area contributed by atoms with Gasteiger partial charge >= 0.3 is 0 Å². The molecule has 4 N–H and O–H groups in total. The van der Waals surface area contributed by atoms with E-state index in [4.69, 9.17) is 10.8 Å². The quantitative estimate of drug-likeness (QED) is 0.715. The second kappa shape index (κ2) is 3.96. The first-order chi connectivity index (χ1) is 7.49. The summed E-state index contributed by atoms with van der Waals surface area (Å²) in [5, 5.41) is 12.4. The first kappa shape index (κ1) is 11.2.